The SMILES string of the molecule is COc1ccccc1CCc1nn(C(C)(C)C(N)=O)c(=O)c2c1nc(-c1ncco1)n2C. The van der Waals surface area contributed by atoms with Gasteiger partial charge in [0.2, 0.25) is 5.91 Å². The Hall–Kier alpha value is -3.95. The van der Waals surface area contributed by atoms with E-state index in [1.54, 1.807) is 32.6 Å². The van der Waals surface area contributed by atoms with E-state index in [0.717, 1.165) is 16.0 Å². The second-order valence-corrected chi connectivity index (χ2v) is 7.93. The summed E-state index contributed by atoms with van der Waals surface area (Å²) in [4.78, 5) is 34.3. The van der Waals surface area contributed by atoms with E-state index in [9.17, 15) is 9.59 Å². The van der Waals surface area contributed by atoms with E-state index >= 15 is 0 Å². The molecule has 166 valence electrons. The molecule has 0 fully saturated rings. The molecule has 0 radical (unpaired) electrons. The summed E-state index contributed by atoms with van der Waals surface area (Å²) < 4.78 is 13.6. The molecule has 3 heterocycles. The van der Waals surface area contributed by atoms with Gasteiger partial charge in [0.05, 0.1) is 19.0 Å². The molecular weight excluding hydrogens is 412 g/mol. The quantitative estimate of drug-likeness (QED) is 0.467. The third-order valence-electron chi connectivity index (χ3n) is 5.56. The minimum atomic E-state index is -1.34. The summed E-state index contributed by atoms with van der Waals surface area (Å²) >= 11 is 0. The number of aromatic nitrogens is 5. The number of ether oxygens (including phenoxy) is 1. The Balaban J connectivity index is 1.92. The number of hydrogen-bond donors (Lipinski definition) is 1. The third-order valence-corrected chi connectivity index (χ3v) is 5.56. The molecule has 1 amide bonds. The Kier molecular flexibility index (Phi) is 5.29. The minimum absolute atomic E-state index is 0.277. The number of nitrogens with zero attached hydrogens (tertiary/aromatic N) is 5. The van der Waals surface area contributed by atoms with Crippen LogP contribution in [-0.2, 0) is 30.2 Å². The lowest BCUT2D eigenvalue weighted by Crippen LogP contribution is -2.48. The van der Waals surface area contributed by atoms with Crippen LogP contribution < -0.4 is 16.0 Å². The zero-order valence-corrected chi connectivity index (χ0v) is 18.3. The van der Waals surface area contributed by atoms with Crippen LogP contribution in [0.5, 0.6) is 5.75 Å². The van der Waals surface area contributed by atoms with Crippen LogP contribution in [0.15, 0.2) is 45.9 Å². The average molecular weight is 436 g/mol. The normalized spacial score (nSPS) is 11.8. The molecule has 3 aromatic heterocycles. The number of amides is 1. The zero-order chi connectivity index (χ0) is 23.0. The van der Waals surface area contributed by atoms with E-state index < -0.39 is 17.0 Å². The van der Waals surface area contributed by atoms with E-state index in [1.807, 2.05) is 24.3 Å². The van der Waals surface area contributed by atoms with Gasteiger partial charge in [-0.2, -0.15) is 5.10 Å². The van der Waals surface area contributed by atoms with Crippen molar-refractivity contribution in [3.8, 4) is 17.5 Å². The number of rotatable bonds is 7. The Labute approximate surface area is 183 Å². The predicted octanol–water partition coefficient (Wildman–Crippen LogP) is 1.80. The van der Waals surface area contributed by atoms with E-state index in [4.69, 9.17) is 14.9 Å². The first-order chi connectivity index (χ1) is 15.3. The molecule has 0 saturated carbocycles. The maximum atomic E-state index is 13.4. The predicted molar refractivity (Wildman–Crippen MR) is 117 cm³/mol. The van der Waals surface area contributed by atoms with Gasteiger partial charge in [0.1, 0.15) is 28.6 Å². The van der Waals surface area contributed by atoms with Gasteiger partial charge in [-0.25, -0.2) is 14.6 Å². The van der Waals surface area contributed by atoms with Gasteiger partial charge in [-0.1, -0.05) is 18.2 Å². The number of oxazole rings is 1. The summed E-state index contributed by atoms with van der Waals surface area (Å²) in [5, 5.41) is 4.54. The van der Waals surface area contributed by atoms with Gasteiger partial charge in [-0.05, 0) is 38.3 Å². The molecular formula is C22H24N6O4. The fourth-order valence-electron chi connectivity index (χ4n) is 3.60. The van der Waals surface area contributed by atoms with Crippen LogP contribution in [0.25, 0.3) is 22.7 Å². The number of methoxy groups -OCH3 is 1. The number of carbonyl (C=O) groups is 1. The highest BCUT2D eigenvalue weighted by molar-refractivity contribution is 5.83. The first-order valence-corrected chi connectivity index (χ1v) is 10.1. The van der Waals surface area contributed by atoms with Crippen molar-refractivity contribution in [2.75, 3.05) is 7.11 Å². The van der Waals surface area contributed by atoms with Crippen LogP contribution in [0, 0.1) is 0 Å². The first-order valence-electron chi connectivity index (χ1n) is 10.1. The molecule has 0 aliphatic rings. The monoisotopic (exact) mass is 436 g/mol. The number of imidazole rings is 1. The molecule has 0 aliphatic carbocycles. The maximum absolute atomic E-state index is 13.4. The number of primary amides is 1. The highest BCUT2D eigenvalue weighted by atomic mass is 16.5. The number of hydrogen-bond acceptors (Lipinski definition) is 7. The topological polar surface area (TPSA) is 131 Å². The number of fused-ring (bicyclic) bond motifs is 1. The molecule has 10 heteroatoms. The fourth-order valence-corrected chi connectivity index (χ4v) is 3.60. The summed E-state index contributed by atoms with van der Waals surface area (Å²) in [5.74, 6) is 0.754. The number of para-hydroxylation sites is 1. The van der Waals surface area contributed by atoms with Crippen molar-refractivity contribution < 1.29 is 13.9 Å². The maximum Gasteiger partial charge on any atom is 0.293 e. The lowest BCUT2D eigenvalue weighted by Gasteiger charge is -2.23. The Morgan fingerprint density at radius 2 is 2.00 bits per heavy atom. The summed E-state index contributed by atoms with van der Waals surface area (Å²) in [6.45, 7) is 3.12. The zero-order valence-electron chi connectivity index (χ0n) is 18.3. The first kappa shape index (κ1) is 21.3. The summed E-state index contributed by atoms with van der Waals surface area (Å²) in [6.07, 6.45) is 3.98. The molecule has 0 saturated heterocycles. The molecule has 4 rings (SSSR count). The average Bonchev–Trinajstić information content (AvgIpc) is 3.41. The molecule has 32 heavy (non-hydrogen) atoms. The Bertz CT molecular complexity index is 1350. The van der Waals surface area contributed by atoms with Gasteiger partial charge in [0.25, 0.3) is 11.4 Å². The van der Waals surface area contributed by atoms with Gasteiger partial charge in [-0.3, -0.25) is 9.59 Å². The fraction of sp³-hybridized carbons (Fsp3) is 0.318. The molecule has 0 unspecified atom stereocenters. The molecule has 0 bridgehead atoms. The van der Waals surface area contributed by atoms with Crippen LogP contribution >= 0.6 is 0 Å². The van der Waals surface area contributed by atoms with Crippen molar-refractivity contribution >= 4 is 16.9 Å². The smallest absolute Gasteiger partial charge is 0.293 e. The minimum Gasteiger partial charge on any atom is -0.496 e. The lowest BCUT2D eigenvalue weighted by molar-refractivity contribution is -0.125. The van der Waals surface area contributed by atoms with Gasteiger partial charge < -0.3 is 19.5 Å². The molecule has 0 atom stereocenters. The van der Waals surface area contributed by atoms with Crippen LogP contribution in [0.3, 0.4) is 0 Å². The largest absolute Gasteiger partial charge is 0.496 e. The molecule has 10 nitrogen and oxygen atoms in total. The van der Waals surface area contributed by atoms with Gasteiger partial charge in [0, 0.05) is 7.05 Å². The number of benzene rings is 1. The van der Waals surface area contributed by atoms with Crippen molar-refractivity contribution in [2.24, 2.45) is 12.8 Å². The highest BCUT2D eigenvalue weighted by Gasteiger charge is 2.32. The van der Waals surface area contributed by atoms with Crippen molar-refractivity contribution in [1.29, 1.82) is 0 Å². The second kappa shape index (κ2) is 7.95. The number of aryl methyl sites for hydroxylation is 3. The van der Waals surface area contributed by atoms with Gasteiger partial charge in [0.15, 0.2) is 5.82 Å². The van der Waals surface area contributed by atoms with Crippen molar-refractivity contribution in [3.63, 3.8) is 0 Å². The second-order valence-electron chi connectivity index (χ2n) is 7.93. The van der Waals surface area contributed by atoms with Crippen LogP contribution in [0.4, 0.5) is 0 Å². The molecule has 1 aromatic carbocycles. The Morgan fingerprint density at radius 3 is 2.66 bits per heavy atom. The Morgan fingerprint density at radius 1 is 1.25 bits per heavy atom. The van der Waals surface area contributed by atoms with Gasteiger partial charge in [-0.15, -0.1) is 0 Å². The van der Waals surface area contributed by atoms with Crippen molar-refractivity contribution in [1.82, 2.24) is 24.3 Å². The van der Waals surface area contributed by atoms with E-state index in [0.29, 0.717) is 29.9 Å². The standard InChI is InChI=1S/C22H24N6O4/c1-22(2,21(23)30)28-20(29)17-16(25-18(27(17)3)19-24-11-12-32-19)14(26-28)10-9-13-7-5-6-8-15(13)31-4/h5-8,11-12H,9-10H2,1-4H3,(H2,23,30). The lowest BCUT2D eigenvalue weighted by atomic mass is 10.0. The summed E-state index contributed by atoms with van der Waals surface area (Å²) in [6, 6.07) is 7.68. The summed E-state index contributed by atoms with van der Waals surface area (Å²) in [5.41, 5.74) is 6.03. The molecule has 4 aromatic rings. The summed E-state index contributed by atoms with van der Waals surface area (Å²) in [7, 11) is 3.31. The van der Waals surface area contributed by atoms with E-state index in [1.165, 1.54) is 12.5 Å². The van der Waals surface area contributed by atoms with Crippen LogP contribution in [-0.4, -0.2) is 37.3 Å². The third kappa shape index (κ3) is 3.43. The molecule has 0 spiro atoms. The number of nitrogens with two attached hydrogens (primary N) is 1. The van der Waals surface area contributed by atoms with Crippen LogP contribution in [0.2, 0.25) is 0 Å². The van der Waals surface area contributed by atoms with E-state index in [2.05, 4.69) is 15.1 Å². The van der Waals surface area contributed by atoms with E-state index in [-0.39, 0.29) is 11.4 Å². The molecule has 2 N–H and O–H groups in total. The van der Waals surface area contributed by atoms with Gasteiger partial charge >= 0.3 is 0 Å². The van der Waals surface area contributed by atoms with Crippen molar-refractivity contribution in [2.45, 2.75) is 32.2 Å². The highest BCUT2D eigenvalue weighted by Crippen LogP contribution is 2.25. The van der Waals surface area contributed by atoms with Crippen molar-refractivity contribution in [3.05, 3.63) is 58.3 Å². The number of carbonyl (C=O) groups excluding carboxylic acids is 1. The van der Waals surface area contributed by atoms with Crippen LogP contribution in [0.1, 0.15) is 25.1 Å². The molecule has 0 aliphatic heterocycles.